The summed E-state index contributed by atoms with van der Waals surface area (Å²) in [6, 6.07) is -0.0955. The topological polar surface area (TPSA) is 85.8 Å². The van der Waals surface area contributed by atoms with Crippen molar-refractivity contribution in [2.75, 3.05) is 5.73 Å². The summed E-state index contributed by atoms with van der Waals surface area (Å²) in [7, 11) is 0. The van der Waals surface area contributed by atoms with Crippen LogP contribution in [0.2, 0.25) is 0 Å². The number of hydrogen-bond donors (Lipinski definition) is 2. The van der Waals surface area contributed by atoms with Gasteiger partial charge >= 0.3 is 0 Å². The third-order valence-corrected chi connectivity index (χ3v) is 3.89. The predicted octanol–water partition coefficient (Wildman–Crippen LogP) is 1.42. The van der Waals surface area contributed by atoms with Crippen LogP contribution in [0.25, 0.3) is 0 Å². The molecule has 0 aliphatic heterocycles. The summed E-state index contributed by atoms with van der Waals surface area (Å²) in [4.78, 5) is 16.1. The molecule has 0 aliphatic rings. The van der Waals surface area contributed by atoms with E-state index in [1.165, 1.54) is 11.3 Å². The fourth-order valence-corrected chi connectivity index (χ4v) is 2.44. The number of thiazole rings is 1. The zero-order valence-electron chi connectivity index (χ0n) is 11.2. The van der Waals surface area contributed by atoms with Gasteiger partial charge in [0.2, 0.25) is 5.91 Å². The quantitative estimate of drug-likeness (QED) is 0.886. The fourth-order valence-electron chi connectivity index (χ4n) is 1.80. The van der Waals surface area contributed by atoms with Gasteiger partial charge in [0, 0.05) is 11.6 Å². The number of nitrogens with one attached hydrogen (secondary N) is 1. The highest BCUT2D eigenvalue weighted by Crippen LogP contribution is 2.16. The Morgan fingerprint density at radius 2 is 2.32 bits per heavy atom. The summed E-state index contributed by atoms with van der Waals surface area (Å²) in [5.74, 6) is -0.103. The van der Waals surface area contributed by atoms with Gasteiger partial charge in [0.05, 0.1) is 23.1 Å². The molecule has 0 aliphatic carbocycles. The van der Waals surface area contributed by atoms with Crippen molar-refractivity contribution >= 4 is 22.9 Å². The minimum atomic E-state index is -0.103. The Kier molecular flexibility index (Phi) is 3.84. The molecule has 0 aromatic carbocycles. The highest BCUT2D eigenvalue weighted by Gasteiger charge is 2.15. The standard InChI is InChI=1S/C12H17N5OS/c1-7-11(13)9(3)17(16-7)6-10(18)15-8(2)12-14-4-5-19-12/h4-5,8H,6,13H2,1-3H3,(H,15,18). The third-order valence-electron chi connectivity index (χ3n) is 2.93. The molecule has 102 valence electrons. The van der Waals surface area contributed by atoms with E-state index in [4.69, 9.17) is 5.73 Å². The number of carbonyl (C=O) groups excluding carboxylic acids is 1. The van der Waals surface area contributed by atoms with Crippen LogP contribution in [0.4, 0.5) is 5.69 Å². The number of nitrogens with two attached hydrogens (primary N) is 1. The average Bonchev–Trinajstić information content (AvgIpc) is 2.96. The number of hydrogen-bond acceptors (Lipinski definition) is 5. The summed E-state index contributed by atoms with van der Waals surface area (Å²) in [5, 5.41) is 9.91. The molecular formula is C12H17N5OS. The monoisotopic (exact) mass is 279 g/mol. The van der Waals surface area contributed by atoms with Crippen molar-refractivity contribution in [3.63, 3.8) is 0 Å². The Labute approximate surface area is 115 Å². The zero-order chi connectivity index (χ0) is 14.0. The van der Waals surface area contributed by atoms with Crippen molar-refractivity contribution in [2.45, 2.75) is 33.4 Å². The van der Waals surface area contributed by atoms with Crippen LogP contribution in [-0.4, -0.2) is 20.7 Å². The second kappa shape index (κ2) is 5.40. The highest BCUT2D eigenvalue weighted by atomic mass is 32.1. The number of amides is 1. The number of nitrogens with zero attached hydrogens (tertiary/aromatic N) is 3. The molecule has 0 fully saturated rings. The van der Waals surface area contributed by atoms with Crippen molar-refractivity contribution in [3.8, 4) is 0 Å². The van der Waals surface area contributed by atoms with Gasteiger partial charge in [0.1, 0.15) is 11.6 Å². The largest absolute Gasteiger partial charge is 0.396 e. The maximum atomic E-state index is 12.0. The Morgan fingerprint density at radius 1 is 1.58 bits per heavy atom. The molecule has 0 saturated carbocycles. The normalized spacial score (nSPS) is 12.4. The Balaban J connectivity index is 2.00. The van der Waals surface area contributed by atoms with Crippen LogP contribution in [-0.2, 0) is 11.3 Å². The van der Waals surface area contributed by atoms with Crippen LogP contribution in [0.15, 0.2) is 11.6 Å². The number of rotatable bonds is 4. The SMILES string of the molecule is Cc1nn(CC(=O)NC(C)c2nccs2)c(C)c1N. The number of aryl methyl sites for hydroxylation is 1. The fraction of sp³-hybridized carbons (Fsp3) is 0.417. The summed E-state index contributed by atoms with van der Waals surface area (Å²) in [6.07, 6.45) is 1.73. The van der Waals surface area contributed by atoms with Gasteiger partial charge < -0.3 is 11.1 Å². The van der Waals surface area contributed by atoms with E-state index in [1.54, 1.807) is 10.9 Å². The van der Waals surface area contributed by atoms with Gasteiger partial charge in [-0.05, 0) is 20.8 Å². The molecule has 1 atom stereocenters. The highest BCUT2D eigenvalue weighted by molar-refractivity contribution is 7.09. The number of anilines is 1. The lowest BCUT2D eigenvalue weighted by atomic mass is 10.3. The molecule has 3 N–H and O–H groups in total. The van der Waals surface area contributed by atoms with Crippen molar-refractivity contribution in [1.82, 2.24) is 20.1 Å². The maximum absolute atomic E-state index is 12.0. The lowest BCUT2D eigenvalue weighted by Crippen LogP contribution is -2.30. The van der Waals surface area contributed by atoms with Crippen molar-refractivity contribution in [1.29, 1.82) is 0 Å². The first kappa shape index (κ1) is 13.5. The van der Waals surface area contributed by atoms with Crippen LogP contribution in [0, 0.1) is 13.8 Å². The first-order valence-electron chi connectivity index (χ1n) is 5.97. The van der Waals surface area contributed by atoms with Gasteiger partial charge in [-0.2, -0.15) is 5.10 Å². The predicted molar refractivity (Wildman–Crippen MR) is 74.8 cm³/mol. The Morgan fingerprint density at radius 3 is 2.84 bits per heavy atom. The Bertz CT molecular complexity index is 575. The minimum Gasteiger partial charge on any atom is -0.396 e. The first-order valence-corrected chi connectivity index (χ1v) is 6.85. The molecule has 6 nitrogen and oxygen atoms in total. The van der Waals surface area contributed by atoms with E-state index in [0.717, 1.165) is 16.4 Å². The first-order chi connectivity index (χ1) is 8.99. The molecule has 0 spiro atoms. The molecule has 1 unspecified atom stereocenters. The molecule has 2 rings (SSSR count). The molecule has 19 heavy (non-hydrogen) atoms. The summed E-state index contributed by atoms with van der Waals surface area (Å²) >= 11 is 1.52. The van der Waals surface area contributed by atoms with Gasteiger partial charge in [-0.1, -0.05) is 0 Å². The lowest BCUT2D eigenvalue weighted by molar-refractivity contribution is -0.122. The molecule has 0 saturated heterocycles. The van der Waals surface area contributed by atoms with E-state index in [1.807, 2.05) is 26.2 Å². The van der Waals surface area contributed by atoms with E-state index >= 15 is 0 Å². The molecule has 2 heterocycles. The minimum absolute atomic E-state index is 0.0955. The number of nitrogen functional groups attached to an aromatic ring is 1. The Hall–Kier alpha value is -1.89. The molecule has 2 aromatic rings. The lowest BCUT2D eigenvalue weighted by Gasteiger charge is -2.11. The molecule has 2 aromatic heterocycles. The number of aromatic nitrogens is 3. The number of carbonyl (C=O) groups is 1. The second-order valence-corrected chi connectivity index (χ2v) is 5.33. The molecule has 1 amide bonds. The maximum Gasteiger partial charge on any atom is 0.242 e. The smallest absolute Gasteiger partial charge is 0.242 e. The van der Waals surface area contributed by atoms with Crippen LogP contribution in [0.5, 0.6) is 0 Å². The van der Waals surface area contributed by atoms with Gasteiger partial charge in [-0.15, -0.1) is 11.3 Å². The summed E-state index contributed by atoms with van der Waals surface area (Å²) < 4.78 is 1.62. The second-order valence-electron chi connectivity index (χ2n) is 4.40. The average molecular weight is 279 g/mol. The van der Waals surface area contributed by atoms with Gasteiger partial charge in [0.15, 0.2) is 0 Å². The summed E-state index contributed by atoms with van der Waals surface area (Å²) in [6.45, 7) is 5.76. The van der Waals surface area contributed by atoms with E-state index in [0.29, 0.717) is 5.69 Å². The van der Waals surface area contributed by atoms with Crippen molar-refractivity contribution in [2.24, 2.45) is 0 Å². The van der Waals surface area contributed by atoms with E-state index in [-0.39, 0.29) is 18.5 Å². The molecule has 0 radical (unpaired) electrons. The molecule has 7 heteroatoms. The summed E-state index contributed by atoms with van der Waals surface area (Å²) in [5.41, 5.74) is 8.04. The van der Waals surface area contributed by atoms with Crippen LogP contribution < -0.4 is 11.1 Å². The molecular weight excluding hydrogens is 262 g/mol. The van der Waals surface area contributed by atoms with E-state index in [2.05, 4.69) is 15.4 Å². The van der Waals surface area contributed by atoms with Crippen LogP contribution >= 0.6 is 11.3 Å². The van der Waals surface area contributed by atoms with Crippen molar-refractivity contribution < 1.29 is 4.79 Å². The van der Waals surface area contributed by atoms with Gasteiger partial charge in [-0.25, -0.2) is 4.98 Å². The van der Waals surface area contributed by atoms with E-state index in [9.17, 15) is 4.79 Å². The zero-order valence-corrected chi connectivity index (χ0v) is 12.0. The third kappa shape index (κ3) is 2.93. The van der Waals surface area contributed by atoms with Gasteiger partial charge in [0.25, 0.3) is 0 Å². The van der Waals surface area contributed by atoms with Crippen LogP contribution in [0.1, 0.15) is 29.4 Å². The van der Waals surface area contributed by atoms with Crippen LogP contribution in [0.3, 0.4) is 0 Å². The van der Waals surface area contributed by atoms with Crippen molar-refractivity contribution in [3.05, 3.63) is 28.0 Å². The van der Waals surface area contributed by atoms with Gasteiger partial charge in [-0.3, -0.25) is 9.48 Å². The van der Waals surface area contributed by atoms with E-state index < -0.39 is 0 Å². The molecule has 0 bridgehead atoms.